The molecular formula is C16H20N4. The fourth-order valence-electron chi connectivity index (χ4n) is 2.52. The maximum absolute atomic E-state index is 4.54. The second-order valence-electron chi connectivity index (χ2n) is 5.19. The van der Waals surface area contributed by atoms with Crippen molar-refractivity contribution in [2.45, 2.75) is 12.8 Å². The van der Waals surface area contributed by atoms with Gasteiger partial charge < -0.3 is 10.2 Å². The molecule has 4 nitrogen and oxygen atoms in total. The minimum Gasteiger partial charge on any atom is -0.338 e. The summed E-state index contributed by atoms with van der Waals surface area (Å²) in [4.78, 5) is 11.3. The highest BCUT2D eigenvalue weighted by molar-refractivity contribution is 5.34. The molecule has 0 amide bonds. The SMILES string of the molecule is C[C@H](c1ccccc1)c1cnc(N2CCNCC2)nc1. The van der Waals surface area contributed by atoms with E-state index in [-0.39, 0.29) is 0 Å². The smallest absolute Gasteiger partial charge is 0.225 e. The average molecular weight is 268 g/mol. The topological polar surface area (TPSA) is 41.1 Å². The van der Waals surface area contributed by atoms with Gasteiger partial charge in [-0.2, -0.15) is 0 Å². The second kappa shape index (κ2) is 6.01. The molecule has 1 atom stereocenters. The lowest BCUT2D eigenvalue weighted by molar-refractivity contribution is 0.579. The Morgan fingerprint density at radius 3 is 2.30 bits per heavy atom. The zero-order valence-electron chi connectivity index (χ0n) is 11.8. The number of piperazine rings is 1. The number of hydrogen-bond donors (Lipinski definition) is 1. The van der Waals surface area contributed by atoms with Crippen LogP contribution < -0.4 is 10.2 Å². The molecule has 1 fully saturated rings. The molecule has 0 aliphatic carbocycles. The van der Waals surface area contributed by atoms with Gasteiger partial charge in [-0.15, -0.1) is 0 Å². The maximum atomic E-state index is 4.54. The van der Waals surface area contributed by atoms with Crippen LogP contribution in [0.4, 0.5) is 5.95 Å². The molecule has 2 heterocycles. The molecule has 1 aliphatic rings. The number of benzene rings is 1. The van der Waals surface area contributed by atoms with Gasteiger partial charge in [0.1, 0.15) is 0 Å². The predicted octanol–water partition coefficient (Wildman–Crippen LogP) is 2.04. The van der Waals surface area contributed by atoms with Gasteiger partial charge in [-0.25, -0.2) is 9.97 Å². The molecule has 20 heavy (non-hydrogen) atoms. The molecule has 1 aromatic carbocycles. The van der Waals surface area contributed by atoms with Gasteiger partial charge >= 0.3 is 0 Å². The van der Waals surface area contributed by atoms with Crippen LogP contribution >= 0.6 is 0 Å². The van der Waals surface area contributed by atoms with Gasteiger partial charge in [0.05, 0.1) is 0 Å². The fourth-order valence-corrected chi connectivity index (χ4v) is 2.52. The summed E-state index contributed by atoms with van der Waals surface area (Å²) >= 11 is 0. The molecule has 0 spiro atoms. The molecule has 1 N–H and O–H groups in total. The van der Waals surface area contributed by atoms with Gasteiger partial charge in [0.2, 0.25) is 5.95 Å². The Morgan fingerprint density at radius 2 is 1.65 bits per heavy atom. The van der Waals surface area contributed by atoms with E-state index in [0.717, 1.165) is 37.7 Å². The Bertz CT molecular complexity index is 532. The first-order valence-electron chi connectivity index (χ1n) is 7.17. The lowest BCUT2D eigenvalue weighted by Crippen LogP contribution is -2.44. The molecule has 2 aromatic rings. The number of aromatic nitrogens is 2. The molecule has 0 radical (unpaired) electrons. The summed E-state index contributed by atoms with van der Waals surface area (Å²) in [6.45, 7) is 6.16. The summed E-state index contributed by atoms with van der Waals surface area (Å²) in [7, 11) is 0. The third kappa shape index (κ3) is 2.80. The highest BCUT2D eigenvalue weighted by Gasteiger charge is 2.14. The first kappa shape index (κ1) is 13.1. The van der Waals surface area contributed by atoms with E-state index in [0.29, 0.717) is 5.92 Å². The van der Waals surface area contributed by atoms with Crippen molar-refractivity contribution in [2.75, 3.05) is 31.1 Å². The minimum absolute atomic E-state index is 0.327. The Kier molecular flexibility index (Phi) is 3.92. The Labute approximate surface area is 119 Å². The second-order valence-corrected chi connectivity index (χ2v) is 5.19. The number of nitrogens with one attached hydrogen (secondary N) is 1. The van der Waals surface area contributed by atoms with Crippen LogP contribution in [0.15, 0.2) is 42.7 Å². The quantitative estimate of drug-likeness (QED) is 0.925. The summed E-state index contributed by atoms with van der Waals surface area (Å²) in [5, 5.41) is 3.34. The van der Waals surface area contributed by atoms with Crippen molar-refractivity contribution in [1.29, 1.82) is 0 Å². The van der Waals surface area contributed by atoms with E-state index in [2.05, 4.69) is 51.4 Å². The van der Waals surface area contributed by atoms with Crippen LogP contribution in [0.25, 0.3) is 0 Å². The van der Waals surface area contributed by atoms with Gasteiger partial charge in [0.25, 0.3) is 0 Å². The molecule has 0 bridgehead atoms. The Balaban J connectivity index is 1.75. The Morgan fingerprint density at radius 1 is 1.00 bits per heavy atom. The van der Waals surface area contributed by atoms with E-state index in [9.17, 15) is 0 Å². The first-order chi connectivity index (χ1) is 9.84. The molecule has 3 rings (SSSR count). The van der Waals surface area contributed by atoms with Crippen molar-refractivity contribution < 1.29 is 0 Å². The average Bonchev–Trinajstić information content (AvgIpc) is 2.56. The van der Waals surface area contributed by atoms with E-state index < -0.39 is 0 Å². The van der Waals surface area contributed by atoms with E-state index in [4.69, 9.17) is 0 Å². The van der Waals surface area contributed by atoms with Crippen LogP contribution in [0.2, 0.25) is 0 Å². The zero-order valence-corrected chi connectivity index (χ0v) is 11.8. The van der Waals surface area contributed by atoms with Crippen LogP contribution in [0, 0.1) is 0 Å². The number of anilines is 1. The molecule has 104 valence electrons. The molecule has 1 aromatic heterocycles. The summed E-state index contributed by atoms with van der Waals surface area (Å²) in [5.74, 6) is 1.17. The van der Waals surface area contributed by atoms with Crippen LogP contribution in [0.3, 0.4) is 0 Å². The molecular weight excluding hydrogens is 248 g/mol. The maximum Gasteiger partial charge on any atom is 0.225 e. The summed E-state index contributed by atoms with van der Waals surface area (Å²) in [6.07, 6.45) is 3.92. The third-order valence-corrected chi connectivity index (χ3v) is 3.86. The monoisotopic (exact) mass is 268 g/mol. The summed E-state index contributed by atoms with van der Waals surface area (Å²) in [6, 6.07) is 10.5. The highest BCUT2D eigenvalue weighted by atomic mass is 15.3. The Hall–Kier alpha value is -1.94. The number of rotatable bonds is 3. The molecule has 1 saturated heterocycles. The number of nitrogens with zero attached hydrogens (tertiary/aromatic N) is 3. The van der Waals surface area contributed by atoms with Crippen molar-refractivity contribution in [3.63, 3.8) is 0 Å². The van der Waals surface area contributed by atoms with Crippen molar-refractivity contribution in [3.8, 4) is 0 Å². The molecule has 0 unspecified atom stereocenters. The third-order valence-electron chi connectivity index (χ3n) is 3.86. The van der Waals surface area contributed by atoms with Crippen LogP contribution in [-0.4, -0.2) is 36.1 Å². The van der Waals surface area contributed by atoms with Crippen LogP contribution in [0.5, 0.6) is 0 Å². The van der Waals surface area contributed by atoms with Gasteiger partial charge in [-0.3, -0.25) is 0 Å². The lowest BCUT2D eigenvalue weighted by Gasteiger charge is -2.27. The van der Waals surface area contributed by atoms with E-state index >= 15 is 0 Å². The van der Waals surface area contributed by atoms with Crippen molar-refractivity contribution in [1.82, 2.24) is 15.3 Å². The van der Waals surface area contributed by atoms with E-state index in [1.807, 2.05) is 18.5 Å². The lowest BCUT2D eigenvalue weighted by atomic mass is 9.96. The standard InChI is InChI=1S/C16H20N4/c1-13(14-5-3-2-4-6-14)15-11-18-16(19-12-15)20-9-7-17-8-10-20/h2-6,11-13,17H,7-10H2,1H3/t13-/m1/s1. The van der Waals surface area contributed by atoms with E-state index in [1.54, 1.807) is 0 Å². The fraction of sp³-hybridized carbons (Fsp3) is 0.375. The molecule has 0 saturated carbocycles. The van der Waals surface area contributed by atoms with Crippen LogP contribution in [0.1, 0.15) is 24.0 Å². The predicted molar refractivity (Wildman–Crippen MR) is 81.1 cm³/mol. The summed E-state index contributed by atoms with van der Waals surface area (Å²) in [5.41, 5.74) is 2.46. The van der Waals surface area contributed by atoms with Crippen LogP contribution in [-0.2, 0) is 0 Å². The summed E-state index contributed by atoms with van der Waals surface area (Å²) < 4.78 is 0. The van der Waals surface area contributed by atoms with Gasteiger partial charge in [-0.1, -0.05) is 37.3 Å². The first-order valence-corrected chi connectivity index (χ1v) is 7.17. The number of hydrogen-bond acceptors (Lipinski definition) is 4. The highest BCUT2D eigenvalue weighted by Crippen LogP contribution is 2.23. The molecule has 4 heteroatoms. The van der Waals surface area contributed by atoms with Gasteiger partial charge in [0.15, 0.2) is 0 Å². The van der Waals surface area contributed by atoms with Gasteiger partial charge in [0, 0.05) is 44.5 Å². The molecule has 1 aliphatic heterocycles. The normalized spacial score (nSPS) is 16.9. The van der Waals surface area contributed by atoms with Crippen molar-refractivity contribution >= 4 is 5.95 Å². The van der Waals surface area contributed by atoms with Gasteiger partial charge in [-0.05, 0) is 11.1 Å². The van der Waals surface area contributed by atoms with E-state index in [1.165, 1.54) is 5.56 Å². The minimum atomic E-state index is 0.327. The van der Waals surface area contributed by atoms with Crippen molar-refractivity contribution in [3.05, 3.63) is 53.9 Å². The zero-order chi connectivity index (χ0) is 13.8. The van der Waals surface area contributed by atoms with Crippen molar-refractivity contribution in [2.24, 2.45) is 0 Å². The largest absolute Gasteiger partial charge is 0.338 e.